The van der Waals surface area contributed by atoms with E-state index in [0.717, 1.165) is 0 Å². The number of ether oxygens (including phenoxy) is 1. The van der Waals surface area contributed by atoms with Gasteiger partial charge >= 0.3 is 5.92 Å². The average molecular weight is 539 g/mol. The maximum Gasteiger partial charge on any atom is 0.301 e. The molecule has 37 heavy (non-hydrogen) atoms. The molecule has 3 aromatic rings. The molecule has 196 valence electrons. The summed E-state index contributed by atoms with van der Waals surface area (Å²) in [5.74, 6) is -3.68. The number of hydrogen-bond donors (Lipinski definition) is 2. The lowest BCUT2D eigenvalue weighted by Crippen LogP contribution is -2.50. The van der Waals surface area contributed by atoms with E-state index >= 15 is 0 Å². The SMILES string of the molecule is Cn1c(=O)c2c(c3cc(Nc4nc(N5CC(C(F)F)C5)ncc4Cl)ccc31)N[C@@H](C1CC1)C(F)(F)CO2. The maximum absolute atomic E-state index is 14.9. The van der Waals surface area contributed by atoms with E-state index in [9.17, 15) is 22.4 Å². The summed E-state index contributed by atoms with van der Waals surface area (Å²) in [7, 11) is 1.55. The Bertz CT molecular complexity index is 1440. The molecule has 1 saturated heterocycles. The lowest BCUT2D eigenvalue weighted by molar-refractivity contribution is -0.0579. The van der Waals surface area contributed by atoms with Gasteiger partial charge in [-0.15, -0.1) is 0 Å². The molecule has 2 fully saturated rings. The molecular weight excluding hydrogens is 516 g/mol. The summed E-state index contributed by atoms with van der Waals surface area (Å²) in [6, 6.07) is 3.95. The van der Waals surface area contributed by atoms with Crippen LogP contribution in [-0.4, -0.2) is 52.6 Å². The second kappa shape index (κ2) is 8.64. The predicted molar refractivity (Wildman–Crippen MR) is 132 cm³/mol. The number of pyridine rings is 1. The van der Waals surface area contributed by atoms with Gasteiger partial charge in [0.1, 0.15) is 5.02 Å². The molecule has 1 saturated carbocycles. The molecule has 2 aliphatic heterocycles. The van der Waals surface area contributed by atoms with Crippen LogP contribution in [0.1, 0.15) is 12.8 Å². The van der Waals surface area contributed by atoms with Crippen LogP contribution in [-0.2, 0) is 7.05 Å². The number of alkyl halides is 4. The third-order valence-corrected chi connectivity index (χ3v) is 7.43. The average Bonchev–Trinajstić information content (AvgIpc) is 3.66. The van der Waals surface area contributed by atoms with E-state index < -0.39 is 36.5 Å². The summed E-state index contributed by atoms with van der Waals surface area (Å²) in [4.78, 5) is 23.1. The first-order valence-corrected chi connectivity index (χ1v) is 12.3. The van der Waals surface area contributed by atoms with Crippen LogP contribution >= 0.6 is 11.6 Å². The molecule has 3 aliphatic rings. The van der Waals surface area contributed by atoms with E-state index in [2.05, 4.69) is 20.6 Å². The zero-order valence-corrected chi connectivity index (χ0v) is 20.4. The highest BCUT2D eigenvalue weighted by molar-refractivity contribution is 6.33. The fourth-order valence-corrected chi connectivity index (χ4v) is 4.99. The summed E-state index contributed by atoms with van der Waals surface area (Å²) in [6.45, 7) is -0.588. The largest absolute Gasteiger partial charge is 0.480 e. The van der Waals surface area contributed by atoms with Crippen molar-refractivity contribution in [3.05, 3.63) is 39.8 Å². The Kier molecular flexibility index (Phi) is 5.62. The van der Waals surface area contributed by atoms with Gasteiger partial charge in [0.2, 0.25) is 18.1 Å². The number of anilines is 4. The van der Waals surface area contributed by atoms with Gasteiger partial charge in [-0.1, -0.05) is 11.6 Å². The molecule has 2 aromatic heterocycles. The van der Waals surface area contributed by atoms with Crippen molar-refractivity contribution in [3.63, 3.8) is 0 Å². The Morgan fingerprint density at radius 1 is 1.27 bits per heavy atom. The van der Waals surface area contributed by atoms with E-state index in [1.807, 2.05) is 0 Å². The second-order valence-corrected chi connectivity index (χ2v) is 10.2. The molecule has 1 aliphatic carbocycles. The van der Waals surface area contributed by atoms with Gasteiger partial charge in [0.15, 0.2) is 12.4 Å². The highest BCUT2D eigenvalue weighted by Crippen LogP contribution is 2.45. The zero-order chi connectivity index (χ0) is 26.1. The van der Waals surface area contributed by atoms with Crippen LogP contribution in [0.4, 0.5) is 40.7 Å². The van der Waals surface area contributed by atoms with Gasteiger partial charge in [-0.3, -0.25) is 4.79 Å². The Hall–Kier alpha value is -3.28. The molecule has 0 unspecified atom stereocenters. The Morgan fingerprint density at radius 2 is 2.03 bits per heavy atom. The van der Waals surface area contributed by atoms with E-state index in [0.29, 0.717) is 29.4 Å². The minimum Gasteiger partial charge on any atom is -0.480 e. The third kappa shape index (κ3) is 4.20. The van der Waals surface area contributed by atoms with E-state index in [1.165, 1.54) is 10.8 Å². The molecule has 0 amide bonds. The van der Waals surface area contributed by atoms with Crippen LogP contribution in [0, 0.1) is 11.8 Å². The molecule has 13 heteroatoms. The first kappa shape index (κ1) is 24.1. The highest BCUT2D eigenvalue weighted by atomic mass is 35.5. The smallest absolute Gasteiger partial charge is 0.301 e. The molecule has 6 rings (SSSR count). The molecular formula is C24H23ClF4N6O2. The van der Waals surface area contributed by atoms with Gasteiger partial charge in [-0.05, 0) is 37.0 Å². The number of rotatable bonds is 5. The Balaban J connectivity index is 1.36. The van der Waals surface area contributed by atoms with Crippen molar-refractivity contribution in [3.8, 4) is 5.75 Å². The van der Waals surface area contributed by atoms with E-state index in [1.54, 1.807) is 30.1 Å². The van der Waals surface area contributed by atoms with Gasteiger partial charge in [0.05, 0.1) is 29.4 Å². The van der Waals surface area contributed by atoms with Crippen molar-refractivity contribution in [1.29, 1.82) is 0 Å². The van der Waals surface area contributed by atoms with Gasteiger partial charge in [-0.25, -0.2) is 22.5 Å². The molecule has 0 spiro atoms. The number of aryl methyl sites for hydroxylation is 1. The number of aromatic nitrogens is 3. The summed E-state index contributed by atoms with van der Waals surface area (Å²) >= 11 is 6.30. The maximum atomic E-state index is 14.9. The van der Waals surface area contributed by atoms with Gasteiger partial charge < -0.3 is 24.8 Å². The zero-order valence-electron chi connectivity index (χ0n) is 19.6. The van der Waals surface area contributed by atoms with Gasteiger partial charge in [0.25, 0.3) is 5.56 Å². The minimum absolute atomic E-state index is 0.146. The van der Waals surface area contributed by atoms with Crippen molar-refractivity contribution in [2.24, 2.45) is 18.9 Å². The third-order valence-electron chi connectivity index (χ3n) is 7.15. The summed E-state index contributed by atoms with van der Waals surface area (Å²) in [5.41, 5.74) is 0.764. The standard InChI is InChI=1S/C24H23ClF4N6O2/c1-34-16-5-4-13(31-21-15(25)7-30-23(33-21)35-8-12(9-35)20(26)27)6-14(16)17-18(22(34)36)37-10-24(28,29)19(32-17)11-2-3-11/h4-7,11-12,19-20,32H,2-3,8-10H2,1H3,(H,30,31,33)/t19-/m0/s1. The molecule has 8 nitrogen and oxygen atoms in total. The molecule has 0 bridgehead atoms. The van der Waals surface area contributed by atoms with Crippen LogP contribution in [0.5, 0.6) is 5.75 Å². The van der Waals surface area contributed by atoms with Gasteiger partial charge in [-0.2, -0.15) is 4.98 Å². The quantitative estimate of drug-likeness (QED) is 0.458. The van der Waals surface area contributed by atoms with Crippen LogP contribution in [0.25, 0.3) is 10.9 Å². The van der Waals surface area contributed by atoms with Crippen LogP contribution in [0.15, 0.2) is 29.2 Å². The summed E-state index contributed by atoms with van der Waals surface area (Å²) in [5, 5.41) is 6.77. The Labute approximate surface area is 213 Å². The fraction of sp³-hybridized carbons (Fsp3) is 0.458. The minimum atomic E-state index is -3.14. The van der Waals surface area contributed by atoms with E-state index in [4.69, 9.17) is 16.3 Å². The molecule has 4 heterocycles. The molecule has 0 radical (unpaired) electrons. The fourth-order valence-electron chi connectivity index (χ4n) is 4.86. The van der Waals surface area contributed by atoms with Crippen molar-refractivity contribution < 1.29 is 22.3 Å². The lowest BCUT2D eigenvalue weighted by Gasteiger charge is -2.38. The number of fused-ring (bicyclic) bond motifs is 3. The Morgan fingerprint density at radius 3 is 2.73 bits per heavy atom. The van der Waals surface area contributed by atoms with Crippen molar-refractivity contribution >= 4 is 45.6 Å². The second-order valence-electron chi connectivity index (χ2n) is 9.80. The number of benzene rings is 1. The van der Waals surface area contributed by atoms with Crippen molar-refractivity contribution in [2.45, 2.75) is 31.2 Å². The van der Waals surface area contributed by atoms with Crippen LogP contribution in [0.3, 0.4) is 0 Å². The van der Waals surface area contributed by atoms with Crippen LogP contribution in [0.2, 0.25) is 5.02 Å². The van der Waals surface area contributed by atoms with Gasteiger partial charge in [0, 0.05) is 31.2 Å². The monoisotopic (exact) mass is 538 g/mol. The van der Waals surface area contributed by atoms with Crippen molar-refractivity contribution in [2.75, 3.05) is 35.2 Å². The first-order valence-electron chi connectivity index (χ1n) is 11.9. The molecule has 1 aromatic carbocycles. The molecule has 2 N–H and O–H groups in total. The topological polar surface area (TPSA) is 84.3 Å². The number of nitrogens with one attached hydrogen (secondary N) is 2. The summed E-state index contributed by atoms with van der Waals surface area (Å²) < 4.78 is 62.2. The normalized spacial score (nSPS) is 21.2. The number of hydrogen-bond acceptors (Lipinski definition) is 7. The lowest BCUT2D eigenvalue weighted by atomic mass is 10.0. The predicted octanol–water partition coefficient (Wildman–Crippen LogP) is 4.65. The number of nitrogens with zero attached hydrogens (tertiary/aromatic N) is 4. The molecule has 1 atom stereocenters. The number of halogens is 5. The first-order chi connectivity index (χ1) is 17.6. The van der Waals surface area contributed by atoms with Crippen LogP contribution < -0.4 is 25.8 Å². The van der Waals surface area contributed by atoms with Crippen molar-refractivity contribution in [1.82, 2.24) is 14.5 Å². The summed E-state index contributed by atoms with van der Waals surface area (Å²) in [6.07, 6.45) is 0.349. The highest BCUT2D eigenvalue weighted by Gasteiger charge is 2.51. The van der Waals surface area contributed by atoms with E-state index in [-0.39, 0.29) is 47.2 Å².